The zero-order chi connectivity index (χ0) is 16.0. The molecule has 4 atom stereocenters. The van der Waals surface area contributed by atoms with Crippen LogP contribution in [0.15, 0.2) is 0 Å². The molecule has 1 saturated heterocycles. The first kappa shape index (κ1) is 16.1. The summed E-state index contributed by atoms with van der Waals surface area (Å²) in [7, 11) is 0. The highest BCUT2D eigenvalue weighted by Gasteiger charge is 2.59. The van der Waals surface area contributed by atoms with E-state index in [-0.39, 0.29) is 6.42 Å². The van der Waals surface area contributed by atoms with Gasteiger partial charge in [-0.05, 0) is 20.3 Å². The number of fused-ring (bicyclic) bond motifs is 2. The average Bonchev–Trinajstić information content (AvgIpc) is 2.68. The number of hydrogen-bond donors (Lipinski definition) is 0. The van der Waals surface area contributed by atoms with Gasteiger partial charge in [0.25, 0.3) is 0 Å². The molecule has 2 fully saturated rings. The summed E-state index contributed by atoms with van der Waals surface area (Å²) >= 11 is 0. The van der Waals surface area contributed by atoms with Crippen molar-refractivity contribution >= 4 is 11.9 Å². The molecule has 0 N–H and O–H groups in total. The maximum atomic E-state index is 13.0. The van der Waals surface area contributed by atoms with Crippen LogP contribution < -0.4 is 0 Å². The number of rotatable bonds is 3. The van der Waals surface area contributed by atoms with E-state index in [1.807, 2.05) is 0 Å². The number of ether oxygens (including phenoxy) is 2. The van der Waals surface area contributed by atoms with E-state index in [1.54, 1.807) is 20.8 Å². The SMILES string of the molecule is CCC(C)(C)C(=O)OC1CC(C(F)(F)F)C2CC1OC2=O. The molecule has 0 aromatic rings. The predicted molar refractivity (Wildman–Crippen MR) is 66.1 cm³/mol. The van der Waals surface area contributed by atoms with Crippen molar-refractivity contribution in [2.45, 2.75) is 58.4 Å². The molecule has 2 aliphatic rings. The zero-order valence-corrected chi connectivity index (χ0v) is 12.2. The van der Waals surface area contributed by atoms with Crippen LogP contribution in [0.4, 0.5) is 13.2 Å². The van der Waals surface area contributed by atoms with Crippen LogP contribution in [0, 0.1) is 17.3 Å². The second-order valence-electron chi connectivity index (χ2n) is 6.38. The molecular formula is C14H19F3O4. The lowest BCUT2D eigenvalue weighted by atomic mass is 9.78. The lowest BCUT2D eigenvalue weighted by Gasteiger charge is -2.34. The van der Waals surface area contributed by atoms with E-state index in [0.29, 0.717) is 6.42 Å². The molecule has 2 rings (SSSR count). The van der Waals surface area contributed by atoms with Gasteiger partial charge in [0, 0.05) is 12.8 Å². The summed E-state index contributed by atoms with van der Waals surface area (Å²) in [5, 5.41) is 0. The molecule has 4 nitrogen and oxygen atoms in total. The Morgan fingerprint density at radius 1 is 1.33 bits per heavy atom. The van der Waals surface area contributed by atoms with Gasteiger partial charge in [-0.15, -0.1) is 0 Å². The fourth-order valence-electron chi connectivity index (χ4n) is 2.68. The van der Waals surface area contributed by atoms with Crippen LogP contribution in [0.3, 0.4) is 0 Å². The average molecular weight is 308 g/mol. The lowest BCUT2D eigenvalue weighted by molar-refractivity contribution is -0.207. The molecule has 4 unspecified atom stereocenters. The van der Waals surface area contributed by atoms with Gasteiger partial charge in [0.05, 0.1) is 17.3 Å². The van der Waals surface area contributed by atoms with Gasteiger partial charge < -0.3 is 9.47 Å². The summed E-state index contributed by atoms with van der Waals surface area (Å²) < 4.78 is 49.3. The molecule has 21 heavy (non-hydrogen) atoms. The molecule has 2 bridgehead atoms. The van der Waals surface area contributed by atoms with Gasteiger partial charge in [-0.3, -0.25) is 9.59 Å². The number of halogens is 3. The Bertz CT molecular complexity index is 444. The first-order chi connectivity index (χ1) is 9.56. The third kappa shape index (κ3) is 3.01. The molecular weight excluding hydrogens is 289 g/mol. The summed E-state index contributed by atoms with van der Waals surface area (Å²) in [6.07, 6.45) is -6.20. The van der Waals surface area contributed by atoms with Crippen LogP contribution in [0.5, 0.6) is 0 Å². The number of hydrogen-bond acceptors (Lipinski definition) is 4. The smallest absolute Gasteiger partial charge is 0.392 e. The minimum Gasteiger partial charge on any atom is -0.458 e. The summed E-state index contributed by atoms with van der Waals surface area (Å²) in [4.78, 5) is 23.6. The standard InChI is InChI=1S/C14H19F3O4/c1-4-13(2,3)12(19)21-10-6-8(14(15,16)17)7-5-9(10)20-11(7)18/h7-10H,4-6H2,1-3H3. The topological polar surface area (TPSA) is 52.6 Å². The predicted octanol–water partition coefficient (Wildman–Crippen LogP) is 2.85. The minimum atomic E-state index is -4.50. The van der Waals surface area contributed by atoms with Gasteiger partial charge in [-0.1, -0.05) is 6.92 Å². The maximum Gasteiger partial charge on any atom is 0.392 e. The second-order valence-corrected chi connectivity index (χ2v) is 6.38. The summed E-state index contributed by atoms with van der Waals surface area (Å²) in [6.45, 7) is 5.14. The van der Waals surface area contributed by atoms with Crippen molar-refractivity contribution in [2.24, 2.45) is 17.3 Å². The monoisotopic (exact) mass is 308 g/mol. The lowest BCUT2D eigenvalue weighted by Crippen LogP contribution is -2.44. The molecule has 1 saturated carbocycles. The molecule has 1 aliphatic carbocycles. The number of carbonyl (C=O) groups excluding carboxylic acids is 2. The van der Waals surface area contributed by atoms with Crippen molar-refractivity contribution in [2.75, 3.05) is 0 Å². The van der Waals surface area contributed by atoms with Crippen LogP contribution in [0.25, 0.3) is 0 Å². The summed E-state index contributed by atoms with van der Waals surface area (Å²) in [5.41, 5.74) is -0.771. The van der Waals surface area contributed by atoms with E-state index in [2.05, 4.69) is 0 Å². The molecule has 0 aromatic carbocycles. The fraction of sp³-hybridized carbons (Fsp3) is 0.857. The van der Waals surface area contributed by atoms with Gasteiger partial charge in [0.1, 0.15) is 12.2 Å². The Kier molecular flexibility index (Phi) is 3.97. The van der Waals surface area contributed by atoms with Crippen LogP contribution in [-0.2, 0) is 19.1 Å². The highest BCUT2D eigenvalue weighted by molar-refractivity contribution is 5.77. The normalized spacial score (nSPS) is 32.8. The first-order valence-corrected chi connectivity index (χ1v) is 7.04. The number of alkyl halides is 3. The summed E-state index contributed by atoms with van der Waals surface area (Å²) in [5.74, 6) is -4.36. The third-order valence-electron chi connectivity index (χ3n) is 4.56. The van der Waals surface area contributed by atoms with Gasteiger partial charge in [0.15, 0.2) is 0 Å². The molecule has 0 amide bonds. The minimum absolute atomic E-state index is 0.0342. The molecule has 7 heteroatoms. The van der Waals surface area contributed by atoms with Crippen molar-refractivity contribution in [1.82, 2.24) is 0 Å². The third-order valence-corrected chi connectivity index (χ3v) is 4.56. The van der Waals surface area contributed by atoms with Crippen molar-refractivity contribution in [1.29, 1.82) is 0 Å². The Morgan fingerprint density at radius 3 is 2.48 bits per heavy atom. The van der Waals surface area contributed by atoms with E-state index < -0.39 is 54.0 Å². The van der Waals surface area contributed by atoms with Gasteiger partial charge in [0.2, 0.25) is 0 Å². The van der Waals surface area contributed by atoms with Gasteiger partial charge in [-0.2, -0.15) is 13.2 Å². The Morgan fingerprint density at radius 2 is 1.95 bits per heavy atom. The molecule has 120 valence electrons. The van der Waals surface area contributed by atoms with Crippen LogP contribution in [-0.4, -0.2) is 30.3 Å². The molecule has 0 aromatic heterocycles. The van der Waals surface area contributed by atoms with Gasteiger partial charge >= 0.3 is 18.1 Å². The van der Waals surface area contributed by atoms with E-state index in [1.165, 1.54) is 0 Å². The van der Waals surface area contributed by atoms with Crippen molar-refractivity contribution in [3.05, 3.63) is 0 Å². The van der Waals surface area contributed by atoms with Crippen molar-refractivity contribution in [3.8, 4) is 0 Å². The Labute approximate surface area is 121 Å². The molecule has 1 heterocycles. The highest BCUT2D eigenvalue weighted by Crippen LogP contribution is 2.47. The zero-order valence-electron chi connectivity index (χ0n) is 12.2. The largest absolute Gasteiger partial charge is 0.458 e. The van der Waals surface area contributed by atoms with E-state index in [9.17, 15) is 22.8 Å². The Hall–Kier alpha value is -1.27. The van der Waals surface area contributed by atoms with Gasteiger partial charge in [-0.25, -0.2) is 0 Å². The van der Waals surface area contributed by atoms with Crippen molar-refractivity contribution < 1.29 is 32.2 Å². The van der Waals surface area contributed by atoms with Crippen LogP contribution in [0.1, 0.15) is 40.0 Å². The quantitative estimate of drug-likeness (QED) is 0.752. The number of esters is 2. The maximum absolute atomic E-state index is 13.0. The summed E-state index contributed by atoms with van der Waals surface area (Å²) in [6, 6.07) is 0. The van der Waals surface area contributed by atoms with Crippen LogP contribution >= 0.6 is 0 Å². The molecule has 0 spiro atoms. The first-order valence-electron chi connectivity index (χ1n) is 7.04. The van der Waals surface area contributed by atoms with E-state index in [0.717, 1.165) is 0 Å². The Balaban J connectivity index is 2.14. The van der Waals surface area contributed by atoms with E-state index >= 15 is 0 Å². The van der Waals surface area contributed by atoms with E-state index in [4.69, 9.17) is 9.47 Å². The molecule has 0 radical (unpaired) electrons. The fourth-order valence-corrected chi connectivity index (χ4v) is 2.68. The van der Waals surface area contributed by atoms with Crippen LogP contribution in [0.2, 0.25) is 0 Å². The molecule has 1 aliphatic heterocycles. The highest BCUT2D eigenvalue weighted by atomic mass is 19.4. The van der Waals surface area contributed by atoms with Crippen molar-refractivity contribution in [3.63, 3.8) is 0 Å². The second kappa shape index (κ2) is 5.18. The number of carbonyl (C=O) groups is 2.